The minimum atomic E-state index is -0.862. The Balaban J connectivity index is 2.74. The third kappa shape index (κ3) is 3.92. The maximum absolute atomic E-state index is 10.5. The Bertz CT molecular complexity index is 406. The van der Waals surface area contributed by atoms with Gasteiger partial charge in [-0.25, -0.2) is 0 Å². The Labute approximate surface area is 107 Å². The topological polar surface area (TPSA) is 67.8 Å². The molecule has 0 heterocycles. The molecule has 0 fully saturated rings. The molecule has 0 aromatic heterocycles. The Morgan fingerprint density at radius 1 is 1.39 bits per heavy atom. The second kappa shape index (κ2) is 6.86. The second-order valence-corrected chi connectivity index (χ2v) is 4.03. The molecule has 0 aliphatic rings. The van der Waals surface area contributed by atoms with Crippen LogP contribution < -0.4 is 14.8 Å². The molecule has 1 atom stereocenters. The maximum atomic E-state index is 10.5. The highest BCUT2D eigenvalue weighted by molar-refractivity contribution is 5.69. The van der Waals surface area contributed by atoms with Crippen molar-refractivity contribution >= 4 is 5.97 Å². The van der Waals surface area contributed by atoms with E-state index >= 15 is 0 Å². The van der Waals surface area contributed by atoms with Gasteiger partial charge in [0, 0.05) is 6.04 Å². The lowest BCUT2D eigenvalue weighted by molar-refractivity contribution is -0.136. The predicted octanol–water partition coefficient (Wildman–Crippen LogP) is 1.31. The van der Waals surface area contributed by atoms with E-state index < -0.39 is 5.97 Å². The van der Waals surface area contributed by atoms with Crippen molar-refractivity contribution in [2.24, 2.45) is 0 Å². The van der Waals surface area contributed by atoms with Gasteiger partial charge < -0.3 is 19.9 Å². The van der Waals surface area contributed by atoms with Gasteiger partial charge in [-0.05, 0) is 25.0 Å². The number of carboxylic acids is 1. The summed E-state index contributed by atoms with van der Waals surface area (Å²) in [5, 5.41) is 11.5. The molecule has 1 unspecified atom stereocenters. The van der Waals surface area contributed by atoms with Gasteiger partial charge in [0.25, 0.3) is 0 Å². The van der Waals surface area contributed by atoms with Gasteiger partial charge in [0.15, 0.2) is 11.5 Å². The summed E-state index contributed by atoms with van der Waals surface area (Å²) >= 11 is 0. The van der Waals surface area contributed by atoms with Crippen LogP contribution in [-0.4, -0.2) is 37.9 Å². The fourth-order valence-electron chi connectivity index (χ4n) is 1.78. The first kappa shape index (κ1) is 14.3. The average molecular weight is 253 g/mol. The van der Waals surface area contributed by atoms with Crippen LogP contribution in [0.25, 0.3) is 0 Å². The molecular weight excluding hydrogens is 234 g/mol. The van der Waals surface area contributed by atoms with E-state index in [1.807, 2.05) is 25.1 Å². The number of aliphatic carboxylic acids is 1. The number of methoxy groups -OCH3 is 2. The molecule has 0 radical (unpaired) electrons. The van der Waals surface area contributed by atoms with Gasteiger partial charge in [0.05, 0.1) is 20.8 Å². The van der Waals surface area contributed by atoms with Crippen LogP contribution in [0, 0.1) is 0 Å². The Morgan fingerprint density at radius 2 is 2.11 bits per heavy atom. The standard InChI is InChI=1S/C13H19NO4/c1-9(14-8-12(15)16)7-10-5-4-6-11(17-2)13(10)18-3/h4-6,9,14H,7-8H2,1-3H3,(H,15,16). The van der Waals surface area contributed by atoms with Crippen molar-refractivity contribution < 1.29 is 19.4 Å². The normalized spacial score (nSPS) is 11.9. The van der Waals surface area contributed by atoms with Crippen LogP contribution >= 0.6 is 0 Å². The van der Waals surface area contributed by atoms with Gasteiger partial charge in [-0.2, -0.15) is 0 Å². The number of carbonyl (C=O) groups is 1. The summed E-state index contributed by atoms with van der Waals surface area (Å²) in [5.41, 5.74) is 0.988. The number of hydrogen-bond acceptors (Lipinski definition) is 4. The van der Waals surface area contributed by atoms with Crippen molar-refractivity contribution in [2.75, 3.05) is 20.8 Å². The summed E-state index contributed by atoms with van der Waals surface area (Å²) < 4.78 is 10.5. The summed E-state index contributed by atoms with van der Waals surface area (Å²) in [7, 11) is 3.18. The molecule has 0 saturated carbocycles. The van der Waals surface area contributed by atoms with Crippen molar-refractivity contribution in [1.29, 1.82) is 0 Å². The molecule has 5 nitrogen and oxygen atoms in total. The molecule has 2 N–H and O–H groups in total. The number of hydrogen-bond donors (Lipinski definition) is 2. The van der Waals surface area contributed by atoms with E-state index in [9.17, 15) is 4.79 Å². The van der Waals surface area contributed by atoms with Crippen LogP contribution in [0.2, 0.25) is 0 Å². The fraction of sp³-hybridized carbons (Fsp3) is 0.462. The Morgan fingerprint density at radius 3 is 2.67 bits per heavy atom. The Kier molecular flexibility index (Phi) is 5.45. The minimum absolute atomic E-state index is 0.0436. The Hall–Kier alpha value is -1.75. The molecule has 0 aliphatic carbocycles. The molecule has 0 amide bonds. The molecule has 5 heteroatoms. The van der Waals surface area contributed by atoms with Crippen LogP contribution in [0.1, 0.15) is 12.5 Å². The van der Waals surface area contributed by atoms with Gasteiger partial charge in [-0.1, -0.05) is 12.1 Å². The largest absolute Gasteiger partial charge is 0.493 e. The second-order valence-electron chi connectivity index (χ2n) is 4.03. The molecule has 18 heavy (non-hydrogen) atoms. The average Bonchev–Trinajstić information content (AvgIpc) is 2.36. The van der Waals surface area contributed by atoms with E-state index in [1.54, 1.807) is 14.2 Å². The monoisotopic (exact) mass is 253 g/mol. The minimum Gasteiger partial charge on any atom is -0.493 e. The van der Waals surface area contributed by atoms with E-state index in [2.05, 4.69) is 5.32 Å². The molecule has 1 aromatic carbocycles. The van der Waals surface area contributed by atoms with Crippen LogP contribution in [0.4, 0.5) is 0 Å². The van der Waals surface area contributed by atoms with Crippen molar-refractivity contribution in [3.05, 3.63) is 23.8 Å². The summed E-state index contributed by atoms with van der Waals surface area (Å²) in [5.74, 6) is 0.517. The SMILES string of the molecule is COc1cccc(CC(C)NCC(=O)O)c1OC. The van der Waals surface area contributed by atoms with E-state index in [0.29, 0.717) is 17.9 Å². The highest BCUT2D eigenvalue weighted by Crippen LogP contribution is 2.31. The van der Waals surface area contributed by atoms with E-state index in [-0.39, 0.29) is 12.6 Å². The summed E-state index contributed by atoms with van der Waals surface area (Å²) in [6.45, 7) is 1.88. The van der Waals surface area contributed by atoms with Gasteiger partial charge in [0.2, 0.25) is 0 Å². The lowest BCUT2D eigenvalue weighted by Gasteiger charge is -2.16. The zero-order valence-corrected chi connectivity index (χ0v) is 10.9. The quantitative estimate of drug-likeness (QED) is 0.767. The fourth-order valence-corrected chi connectivity index (χ4v) is 1.78. The van der Waals surface area contributed by atoms with Gasteiger partial charge >= 0.3 is 5.97 Å². The van der Waals surface area contributed by atoms with Crippen LogP contribution in [-0.2, 0) is 11.2 Å². The number of rotatable bonds is 7. The van der Waals surface area contributed by atoms with Crippen molar-refractivity contribution in [2.45, 2.75) is 19.4 Å². The summed E-state index contributed by atoms with van der Waals surface area (Å²) in [6.07, 6.45) is 0.674. The lowest BCUT2D eigenvalue weighted by Crippen LogP contribution is -2.32. The molecule has 1 aromatic rings. The number of para-hydroxylation sites is 1. The summed E-state index contributed by atoms with van der Waals surface area (Å²) in [4.78, 5) is 10.5. The molecule has 100 valence electrons. The van der Waals surface area contributed by atoms with Crippen LogP contribution in [0.15, 0.2) is 18.2 Å². The summed E-state index contributed by atoms with van der Waals surface area (Å²) in [6, 6.07) is 5.71. The van der Waals surface area contributed by atoms with Gasteiger partial charge in [-0.15, -0.1) is 0 Å². The van der Waals surface area contributed by atoms with Crippen molar-refractivity contribution in [3.63, 3.8) is 0 Å². The predicted molar refractivity (Wildman–Crippen MR) is 68.4 cm³/mol. The highest BCUT2D eigenvalue weighted by atomic mass is 16.5. The van der Waals surface area contributed by atoms with Gasteiger partial charge in [0.1, 0.15) is 0 Å². The number of nitrogens with one attached hydrogen (secondary N) is 1. The van der Waals surface area contributed by atoms with Crippen molar-refractivity contribution in [3.8, 4) is 11.5 Å². The van der Waals surface area contributed by atoms with Crippen LogP contribution in [0.5, 0.6) is 11.5 Å². The van der Waals surface area contributed by atoms with Gasteiger partial charge in [-0.3, -0.25) is 4.79 Å². The molecular formula is C13H19NO4. The lowest BCUT2D eigenvalue weighted by atomic mass is 10.1. The van der Waals surface area contributed by atoms with E-state index in [1.165, 1.54) is 0 Å². The molecule has 0 aliphatic heterocycles. The van der Waals surface area contributed by atoms with Crippen molar-refractivity contribution in [1.82, 2.24) is 5.32 Å². The third-order valence-electron chi connectivity index (χ3n) is 2.61. The smallest absolute Gasteiger partial charge is 0.317 e. The zero-order valence-electron chi connectivity index (χ0n) is 10.9. The third-order valence-corrected chi connectivity index (χ3v) is 2.61. The molecule has 0 saturated heterocycles. The molecule has 0 bridgehead atoms. The van der Waals surface area contributed by atoms with E-state index in [0.717, 1.165) is 5.56 Å². The molecule has 1 rings (SSSR count). The first-order valence-electron chi connectivity index (χ1n) is 5.73. The number of carboxylic acid groups (broad SMARTS) is 1. The van der Waals surface area contributed by atoms with E-state index in [4.69, 9.17) is 14.6 Å². The first-order chi connectivity index (χ1) is 8.58. The van der Waals surface area contributed by atoms with Crippen LogP contribution in [0.3, 0.4) is 0 Å². The number of benzene rings is 1. The first-order valence-corrected chi connectivity index (χ1v) is 5.73. The molecule has 0 spiro atoms. The zero-order chi connectivity index (χ0) is 13.5. The number of ether oxygens (including phenoxy) is 2. The highest BCUT2D eigenvalue weighted by Gasteiger charge is 2.12. The maximum Gasteiger partial charge on any atom is 0.317 e.